The van der Waals surface area contributed by atoms with Gasteiger partial charge in [0.1, 0.15) is 12.6 Å². The van der Waals surface area contributed by atoms with Crippen LogP contribution in [0.15, 0.2) is 54.6 Å². The lowest BCUT2D eigenvalue weighted by Gasteiger charge is -2.32. The van der Waals surface area contributed by atoms with Gasteiger partial charge in [-0.3, -0.25) is 13.9 Å². The molecular formula is C25H35N3O4S. The molecule has 0 bridgehead atoms. The maximum absolute atomic E-state index is 13.4. The highest BCUT2D eigenvalue weighted by Gasteiger charge is 2.29. The molecule has 0 heterocycles. The molecule has 33 heavy (non-hydrogen) atoms. The minimum absolute atomic E-state index is 0.0735. The summed E-state index contributed by atoms with van der Waals surface area (Å²) in [5.41, 5.74) is 2.52. The number of sulfonamides is 1. The average molecular weight is 474 g/mol. The first-order valence-electron chi connectivity index (χ1n) is 11.2. The normalized spacial score (nSPS) is 12.3. The highest BCUT2D eigenvalue weighted by Crippen LogP contribution is 2.19. The molecule has 2 rings (SSSR count). The third-order valence-electron chi connectivity index (χ3n) is 5.39. The number of nitrogens with one attached hydrogen (secondary N) is 1. The second kappa shape index (κ2) is 11.8. The quantitative estimate of drug-likeness (QED) is 0.544. The van der Waals surface area contributed by atoms with Gasteiger partial charge in [0.2, 0.25) is 21.8 Å². The van der Waals surface area contributed by atoms with E-state index in [4.69, 9.17) is 0 Å². The van der Waals surface area contributed by atoms with Gasteiger partial charge >= 0.3 is 0 Å². The van der Waals surface area contributed by atoms with Gasteiger partial charge in [0.15, 0.2) is 0 Å². The highest BCUT2D eigenvalue weighted by molar-refractivity contribution is 7.92. The number of rotatable bonds is 11. The fourth-order valence-electron chi connectivity index (χ4n) is 3.49. The molecule has 2 aromatic rings. The van der Waals surface area contributed by atoms with Crippen molar-refractivity contribution in [2.75, 3.05) is 23.7 Å². The lowest BCUT2D eigenvalue weighted by atomic mass is 10.1. The smallest absolute Gasteiger partial charge is 0.244 e. The third-order valence-corrected chi connectivity index (χ3v) is 6.53. The summed E-state index contributed by atoms with van der Waals surface area (Å²) in [6, 6.07) is 16.0. The van der Waals surface area contributed by atoms with Crippen LogP contribution in [0.3, 0.4) is 0 Å². The van der Waals surface area contributed by atoms with Crippen LogP contribution in [0.1, 0.15) is 38.8 Å². The Balaban J connectivity index is 2.29. The van der Waals surface area contributed by atoms with Gasteiger partial charge in [-0.2, -0.15) is 0 Å². The van der Waals surface area contributed by atoms with Crippen LogP contribution in [0.2, 0.25) is 0 Å². The van der Waals surface area contributed by atoms with Gasteiger partial charge < -0.3 is 10.2 Å². The zero-order valence-corrected chi connectivity index (χ0v) is 20.9. The van der Waals surface area contributed by atoms with Gasteiger partial charge in [-0.15, -0.1) is 0 Å². The van der Waals surface area contributed by atoms with E-state index in [1.165, 1.54) is 4.90 Å². The summed E-state index contributed by atoms with van der Waals surface area (Å²) in [6.45, 7) is 7.31. The Morgan fingerprint density at radius 1 is 0.939 bits per heavy atom. The topological polar surface area (TPSA) is 86.8 Å². The van der Waals surface area contributed by atoms with Crippen molar-refractivity contribution in [3.05, 3.63) is 65.7 Å². The molecule has 8 heteroatoms. The average Bonchev–Trinajstić information content (AvgIpc) is 2.77. The van der Waals surface area contributed by atoms with Gasteiger partial charge in [0.25, 0.3) is 0 Å². The first kappa shape index (κ1) is 26.4. The van der Waals surface area contributed by atoms with Crippen LogP contribution >= 0.6 is 0 Å². The van der Waals surface area contributed by atoms with Crippen LogP contribution in [0.5, 0.6) is 0 Å². The van der Waals surface area contributed by atoms with Gasteiger partial charge in [-0.1, -0.05) is 49.4 Å². The molecule has 2 amide bonds. The van der Waals surface area contributed by atoms with Crippen molar-refractivity contribution in [3.8, 4) is 0 Å². The first-order valence-corrected chi connectivity index (χ1v) is 13.1. The summed E-state index contributed by atoms with van der Waals surface area (Å²) in [6.07, 6.45) is 2.46. The summed E-state index contributed by atoms with van der Waals surface area (Å²) in [5.74, 6) is -0.702. The van der Waals surface area contributed by atoms with E-state index in [0.717, 1.165) is 28.1 Å². The van der Waals surface area contributed by atoms with Crippen molar-refractivity contribution < 1.29 is 18.0 Å². The monoisotopic (exact) mass is 473 g/mol. The fourth-order valence-corrected chi connectivity index (χ4v) is 4.34. The molecule has 0 aromatic heterocycles. The minimum atomic E-state index is -3.71. The Hall–Kier alpha value is -2.87. The molecule has 0 unspecified atom stereocenters. The van der Waals surface area contributed by atoms with Crippen LogP contribution in [-0.2, 0) is 32.5 Å². The van der Waals surface area contributed by atoms with Gasteiger partial charge in [-0.05, 0) is 56.9 Å². The Kier molecular flexibility index (Phi) is 9.46. The first-order chi connectivity index (χ1) is 15.5. The van der Waals surface area contributed by atoms with Crippen molar-refractivity contribution in [2.45, 2.75) is 52.6 Å². The number of carbonyl (C=O) groups excluding carboxylic acids is 2. The van der Waals surface area contributed by atoms with E-state index in [-0.39, 0.29) is 18.5 Å². The molecular weight excluding hydrogens is 438 g/mol. The number of nitrogens with zero attached hydrogens (tertiary/aromatic N) is 2. The van der Waals surface area contributed by atoms with E-state index in [1.54, 1.807) is 19.1 Å². The minimum Gasteiger partial charge on any atom is -0.352 e. The van der Waals surface area contributed by atoms with E-state index in [1.807, 2.05) is 63.2 Å². The highest BCUT2D eigenvalue weighted by atomic mass is 32.2. The molecule has 0 fully saturated rings. The van der Waals surface area contributed by atoms with E-state index in [2.05, 4.69) is 5.32 Å². The lowest BCUT2D eigenvalue weighted by molar-refractivity contribution is -0.139. The predicted octanol–water partition coefficient (Wildman–Crippen LogP) is 3.00. The zero-order valence-electron chi connectivity index (χ0n) is 20.1. The van der Waals surface area contributed by atoms with Gasteiger partial charge in [-0.25, -0.2) is 8.42 Å². The molecule has 0 saturated heterocycles. The third kappa shape index (κ3) is 7.89. The van der Waals surface area contributed by atoms with Crippen LogP contribution in [0.25, 0.3) is 0 Å². The molecule has 2 aromatic carbocycles. The predicted molar refractivity (Wildman–Crippen MR) is 133 cm³/mol. The Labute approximate surface area is 197 Å². The van der Waals surface area contributed by atoms with E-state index in [0.29, 0.717) is 18.7 Å². The van der Waals surface area contributed by atoms with Crippen molar-refractivity contribution in [2.24, 2.45) is 0 Å². The second-order valence-corrected chi connectivity index (χ2v) is 10.4. The molecule has 7 nitrogen and oxygen atoms in total. The Morgan fingerprint density at radius 3 is 2.06 bits per heavy atom. The molecule has 0 aliphatic carbocycles. The lowest BCUT2D eigenvalue weighted by Crippen LogP contribution is -2.53. The number of hydrogen-bond donors (Lipinski definition) is 1. The Morgan fingerprint density at radius 2 is 1.55 bits per heavy atom. The molecule has 1 atom stereocenters. The van der Waals surface area contributed by atoms with E-state index in [9.17, 15) is 18.0 Å². The molecule has 0 aliphatic heterocycles. The largest absolute Gasteiger partial charge is 0.352 e. The van der Waals surface area contributed by atoms with Crippen molar-refractivity contribution in [1.29, 1.82) is 0 Å². The number of aryl methyl sites for hydroxylation is 1. The van der Waals surface area contributed by atoms with Gasteiger partial charge in [0, 0.05) is 12.6 Å². The number of anilines is 1. The van der Waals surface area contributed by atoms with Crippen LogP contribution in [0, 0.1) is 0 Å². The summed E-state index contributed by atoms with van der Waals surface area (Å²) < 4.78 is 26.2. The van der Waals surface area contributed by atoms with E-state index >= 15 is 0 Å². The van der Waals surface area contributed by atoms with Crippen LogP contribution in [-0.4, -0.2) is 56.6 Å². The van der Waals surface area contributed by atoms with Gasteiger partial charge in [0.05, 0.1) is 11.9 Å². The van der Waals surface area contributed by atoms with Crippen LogP contribution in [0.4, 0.5) is 5.69 Å². The molecule has 0 saturated carbocycles. The summed E-state index contributed by atoms with van der Waals surface area (Å²) in [4.78, 5) is 27.5. The summed E-state index contributed by atoms with van der Waals surface area (Å²) >= 11 is 0. The number of benzene rings is 2. The zero-order chi connectivity index (χ0) is 24.6. The molecule has 0 aliphatic rings. The standard InChI is InChI=1S/C25H35N3O4S/c1-6-21-12-14-23(15-13-21)28(33(5,31)32)18-24(29)27(20(4)25(30)26-19(2)3)17-16-22-10-8-7-9-11-22/h7-15,19-20H,6,16-18H2,1-5H3,(H,26,30)/t20-/m0/s1. The van der Waals surface area contributed by atoms with Crippen molar-refractivity contribution in [1.82, 2.24) is 10.2 Å². The van der Waals surface area contributed by atoms with Crippen molar-refractivity contribution in [3.63, 3.8) is 0 Å². The van der Waals surface area contributed by atoms with E-state index < -0.39 is 22.0 Å². The number of hydrogen-bond acceptors (Lipinski definition) is 4. The SMILES string of the molecule is CCc1ccc(N(CC(=O)N(CCc2ccccc2)[C@@H](C)C(=O)NC(C)C)S(C)(=O)=O)cc1. The molecule has 0 spiro atoms. The maximum atomic E-state index is 13.4. The molecule has 180 valence electrons. The number of carbonyl (C=O) groups is 2. The number of amides is 2. The molecule has 1 N–H and O–H groups in total. The summed E-state index contributed by atoms with van der Waals surface area (Å²) in [5, 5.41) is 2.84. The second-order valence-electron chi connectivity index (χ2n) is 8.45. The molecule has 0 radical (unpaired) electrons. The van der Waals surface area contributed by atoms with Crippen LogP contribution < -0.4 is 9.62 Å². The Bertz CT molecular complexity index is 1020. The fraction of sp³-hybridized carbons (Fsp3) is 0.440. The summed E-state index contributed by atoms with van der Waals surface area (Å²) in [7, 11) is -3.71. The maximum Gasteiger partial charge on any atom is 0.244 e. The van der Waals surface area contributed by atoms with Crippen molar-refractivity contribution >= 4 is 27.5 Å².